The minimum Gasteiger partial charge on any atom is -0.496 e. The molecule has 1 unspecified atom stereocenters. The van der Waals surface area contributed by atoms with Crippen molar-refractivity contribution in [2.75, 3.05) is 13.7 Å². The number of amides is 2. The van der Waals surface area contributed by atoms with Crippen molar-refractivity contribution >= 4 is 22.8 Å². The third kappa shape index (κ3) is 4.40. The van der Waals surface area contributed by atoms with Crippen molar-refractivity contribution in [1.29, 1.82) is 0 Å². The predicted molar refractivity (Wildman–Crippen MR) is 119 cm³/mol. The molecule has 162 valence electrons. The molecule has 1 saturated heterocycles. The molecule has 31 heavy (non-hydrogen) atoms. The van der Waals surface area contributed by atoms with Gasteiger partial charge in [-0.15, -0.1) is 0 Å². The van der Waals surface area contributed by atoms with Gasteiger partial charge in [-0.25, -0.2) is 4.98 Å². The number of likely N-dealkylation sites (tertiary alicyclic amines) is 1. The zero-order valence-corrected chi connectivity index (χ0v) is 18.0. The number of fused-ring (bicyclic) bond motifs is 1. The minimum absolute atomic E-state index is 0.0904. The van der Waals surface area contributed by atoms with Crippen LogP contribution in [0.25, 0.3) is 11.0 Å². The third-order valence-electron chi connectivity index (χ3n) is 5.91. The summed E-state index contributed by atoms with van der Waals surface area (Å²) in [6.07, 6.45) is 3.25. The summed E-state index contributed by atoms with van der Waals surface area (Å²) in [5.74, 6) is 1.02. The molecule has 2 aromatic carbocycles. The van der Waals surface area contributed by atoms with Crippen molar-refractivity contribution in [3.8, 4) is 5.75 Å². The fourth-order valence-electron chi connectivity index (χ4n) is 4.22. The highest BCUT2D eigenvalue weighted by Gasteiger charge is 2.25. The van der Waals surface area contributed by atoms with Crippen LogP contribution in [0.15, 0.2) is 48.5 Å². The molecule has 7 heteroatoms. The Morgan fingerprint density at radius 3 is 2.71 bits per heavy atom. The van der Waals surface area contributed by atoms with E-state index in [1.165, 1.54) is 6.42 Å². The van der Waals surface area contributed by atoms with Crippen LogP contribution in [0.4, 0.5) is 0 Å². The molecule has 2 amide bonds. The SMILES string of the molecule is COc1ccccc1C(=O)NCc1nc2ccccc2n1CC(=O)N1CCCCC1C. The number of hydrogen-bond acceptors (Lipinski definition) is 4. The predicted octanol–water partition coefficient (Wildman–Crippen LogP) is 3.38. The second kappa shape index (κ2) is 9.20. The topological polar surface area (TPSA) is 76.5 Å². The van der Waals surface area contributed by atoms with Gasteiger partial charge in [0.1, 0.15) is 18.1 Å². The van der Waals surface area contributed by atoms with E-state index in [9.17, 15) is 9.59 Å². The van der Waals surface area contributed by atoms with Crippen molar-refractivity contribution in [3.05, 3.63) is 59.9 Å². The van der Waals surface area contributed by atoms with E-state index in [4.69, 9.17) is 4.74 Å². The van der Waals surface area contributed by atoms with E-state index < -0.39 is 0 Å². The summed E-state index contributed by atoms with van der Waals surface area (Å²) in [6, 6.07) is 15.1. The van der Waals surface area contributed by atoms with Crippen molar-refractivity contribution in [1.82, 2.24) is 19.8 Å². The number of hydrogen-bond donors (Lipinski definition) is 1. The number of ether oxygens (including phenoxy) is 1. The first-order valence-corrected chi connectivity index (χ1v) is 10.7. The largest absolute Gasteiger partial charge is 0.496 e. The monoisotopic (exact) mass is 420 g/mol. The zero-order valence-electron chi connectivity index (χ0n) is 18.0. The van der Waals surface area contributed by atoms with Gasteiger partial charge in [0.2, 0.25) is 5.91 Å². The smallest absolute Gasteiger partial charge is 0.255 e. The molecule has 1 N–H and O–H groups in total. The normalized spacial score (nSPS) is 16.3. The van der Waals surface area contributed by atoms with Gasteiger partial charge in [-0.3, -0.25) is 9.59 Å². The molecule has 7 nitrogen and oxygen atoms in total. The molecule has 1 fully saturated rings. The highest BCUT2D eigenvalue weighted by Crippen LogP contribution is 2.21. The van der Waals surface area contributed by atoms with Crippen LogP contribution in [0.5, 0.6) is 5.75 Å². The van der Waals surface area contributed by atoms with Crippen molar-refractivity contribution in [3.63, 3.8) is 0 Å². The van der Waals surface area contributed by atoms with Gasteiger partial charge in [0.05, 0.1) is 30.3 Å². The maximum Gasteiger partial charge on any atom is 0.255 e. The number of piperidine rings is 1. The summed E-state index contributed by atoms with van der Waals surface area (Å²) >= 11 is 0. The summed E-state index contributed by atoms with van der Waals surface area (Å²) in [5, 5.41) is 2.93. The number of para-hydroxylation sites is 3. The van der Waals surface area contributed by atoms with Gasteiger partial charge in [-0.1, -0.05) is 24.3 Å². The van der Waals surface area contributed by atoms with E-state index in [1.54, 1.807) is 25.3 Å². The van der Waals surface area contributed by atoms with Crippen molar-refractivity contribution < 1.29 is 14.3 Å². The molecule has 3 aromatic rings. The summed E-state index contributed by atoms with van der Waals surface area (Å²) in [6.45, 7) is 3.34. The lowest BCUT2D eigenvalue weighted by Crippen LogP contribution is -2.43. The number of benzene rings is 2. The number of aromatic nitrogens is 2. The molecule has 2 heterocycles. The first-order valence-electron chi connectivity index (χ1n) is 10.7. The number of rotatable bonds is 6. The Labute approximate surface area is 182 Å². The van der Waals surface area contributed by atoms with Crippen LogP contribution >= 0.6 is 0 Å². The lowest BCUT2D eigenvalue weighted by molar-refractivity contribution is -0.135. The standard InChI is InChI=1S/C24H28N4O3/c1-17-9-7-8-14-27(17)23(29)16-28-20-12-5-4-11-19(20)26-22(28)15-25-24(30)18-10-3-6-13-21(18)31-2/h3-6,10-13,17H,7-9,14-16H2,1-2H3,(H,25,30). The summed E-state index contributed by atoms with van der Waals surface area (Å²) in [5.41, 5.74) is 2.16. The van der Waals surface area contributed by atoms with E-state index in [0.29, 0.717) is 17.1 Å². The maximum absolute atomic E-state index is 13.1. The van der Waals surface area contributed by atoms with Crippen LogP contribution in [-0.2, 0) is 17.9 Å². The lowest BCUT2D eigenvalue weighted by atomic mass is 10.0. The Morgan fingerprint density at radius 1 is 1.13 bits per heavy atom. The fraction of sp³-hybridized carbons (Fsp3) is 0.375. The van der Waals surface area contributed by atoms with Gasteiger partial charge in [0.25, 0.3) is 5.91 Å². The summed E-state index contributed by atoms with van der Waals surface area (Å²) in [4.78, 5) is 32.5. The number of nitrogens with one attached hydrogen (secondary N) is 1. The Hall–Kier alpha value is -3.35. The Morgan fingerprint density at radius 2 is 1.90 bits per heavy atom. The molecular formula is C24H28N4O3. The van der Waals surface area contributed by atoms with E-state index in [2.05, 4.69) is 17.2 Å². The van der Waals surface area contributed by atoms with Gasteiger partial charge < -0.3 is 19.5 Å². The van der Waals surface area contributed by atoms with Crippen molar-refractivity contribution in [2.45, 2.75) is 45.3 Å². The molecule has 1 atom stereocenters. The van der Waals surface area contributed by atoms with Gasteiger partial charge in [0.15, 0.2) is 0 Å². The molecule has 1 aliphatic rings. The fourth-order valence-corrected chi connectivity index (χ4v) is 4.22. The summed E-state index contributed by atoms with van der Waals surface area (Å²) < 4.78 is 7.21. The molecule has 4 rings (SSSR count). The van der Waals surface area contributed by atoms with E-state index in [0.717, 1.165) is 30.4 Å². The number of carbonyl (C=O) groups excluding carboxylic acids is 2. The van der Waals surface area contributed by atoms with Crippen LogP contribution < -0.4 is 10.1 Å². The second-order valence-corrected chi connectivity index (χ2v) is 7.92. The second-order valence-electron chi connectivity index (χ2n) is 7.92. The number of imidazole rings is 1. The van der Waals surface area contributed by atoms with E-state index in [-0.39, 0.29) is 30.9 Å². The maximum atomic E-state index is 13.1. The Balaban J connectivity index is 1.56. The third-order valence-corrected chi connectivity index (χ3v) is 5.91. The molecule has 0 aliphatic carbocycles. The lowest BCUT2D eigenvalue weighted by Gasteiger charge is -2.33. The van der Waals surface area contributed by atoms with Crippen molar-refractivity contribution in [2.24, 2.45) is 0 Å². The number of nitrogens with zero attached hydrogens (tertiary/aromatic N) is 3. The van der Waals surface area contributed by atoms with E-state index >= 15 is 0 Å². The summed E-state index contributed by atoms with van der Waals surface area (Å²) in [7, 11) is 1.54. The highest BCUT2D eigenvalue weighted by atomic mass is 16.5. The molecule has 0 bridgehead atoms. The molecule has 0 radical (unpaired) electrons. The average molecular weight is 421 g/mol. The van der Waals surface area contributed by atoms with Gasteiger partial charge in [-0.05, 0) is 50.5 Å². The van der Waals surface area contributed by atoms with Crippen LogP contribution in [0.2, 0.25) is 0 Å². The first-order chi connectivity index (χ1) is 15.1. The quantitative estimate of drug-likeness (QED) is 0.663. The zero-order chi connectivity index (χ0) is 21.8. The van der Waals surface area contributed by atoms with Crippen LogP contribution in [0.3, 0.4) is 0 Å². The first kappa shape index (κ1) is 20.9. The van der Waals surface area contributed by atoms with Gasteiger partial charge in [0, 0.05) is 12.6 Å². The minimum atomic E-state index is -0.243. The van der Waals surface area contributed by atoms with Crippen LogP contribution in [0.1, 0.15) is 42.4 Å². The number of methoxy groups -OCH3 is 1. The molecule has 1 aliphatic heterocycles. The van der Waals surface area contributed by atoms with Gasteiger partial charge >= 0.3 is 0 Å². The molecule has 1 aromatic heterocycles. The molecular weight excluding hydrogens is 392 g/mol. The molecule has 0 saturated carbocycles. The average Bonchev–Trinajstić information content (AvgIpc) is 3.15. The molecule has 0 spiro atoms. The van der Waals surface area contributed by atoms with Crippen LogP contribution in [0, 0.1) is 0 Å². The Bertz CT molecular complexity index is 1090. The van der Waals surface area contributed by atoms with Crippen LogP contribution in [-0.4, -0.2) is 46.0 Å². The Kier molecular flexibility index (Phi) is 6.21. The number of carbonyl (C=O) groups is 2. The highest BCUT2D eigenvalue weighted by molar-refractivity contribution is 5.96. The van der Waals surface area contributed by atoms with Gasteiger partial charge in [-0.2, -0.15) is 0 Å². The van der Waals surface area contributed by atoms with E-state index in [1.807, 2.05) is 39.8 Å².